The summed E-state index contributed by atoms with van der Waals surface area (Å²) in [5.41, 5.74) is 2.13. The Kier molecular flexibility index (Phi) is 7.23. The van der Waals surface area contributed by atoms with E-state index in [9.17, 15) is 9.90 Å². The number of carbonyl (C=O) groups is 1. The Balaban J connectivity index is 1.39. The maximum atomic E-state index is 12.2. The van der Waals surface area contributed by atoms with Crippen molar-refractivity contribution in [3.63, 3.8) is 0 Å². The van der Waals surface area contributed by atoms with Crippen LogP contribution in [0.2, 0.25) is 0 Å². The van der Waals surface area contributed by atoms with Crippen LogP contribution in [0.15, 0.2) is 54.6 Å². The van der Waals surface area contributed by atoms with Gasteiger partial charge in [-0.1, -0.05) is 42.5 Å². The zero-order valence-corrected chi connectivity index (χ0v) is 16.4. The van der Waals surface area contributed by atoms with Gasteiger partial charge in [-0.15, -0.1) is 0 Å². The minimum absolute atomic E-state index is 0.0745. The van der Waals surface area contributed by atoms with Crippen molar-refractivity contribution in [3.05, 3.63) is 65.7 Å². The number of aromatic hydroxyl groups is 1. The van der Waals surface area contributed by atoms with Crippen molar-refractivity contribution in [2.45, 2.75) is 13.0 Å². The van der Waals surface area contributed by atoms with E-state index in [1.54, 1.807) is 24.3 Å². The molecule has 0 unspecified atom stereocenters. The number of ketones is 1. The Bertz CT molecular complexity index is 797. The average Bonchev–Trinajstić information content (AvgIpc) is 2.72. The van der Waals surface area contributed by atoms with Gasteiger partial charge in [-0.3, -0.25) is 9.69 Å². The SMILES string of the molecule is COc1ccc(C=CC(=O)CCN2CCN(Cc3ccccc3)CC2)cc1O. The summed E-state index contributed by atoms with van der Waals surface area (Å²) in [6.07, 6.45) is 3.84. The lowest BCUT2D eigenvalue weighted by Crippen LogP contribution is -2.46. The molecule has 0 radical (unpaired) electrons. The minimum atomic E-state index is 0.0745. The highest BCUT2D eigenvalue weighted by Gasteiger charge is 2.17. The summed E-state index contributed by atoms with van der Waals surface area (Å²) in [7, 11) is 1.51. The number of phenolic OH excluding ortho intramolecular Hbond substituents is 1. The van der Waals surface area contributed by atoms with Crippen LogP contribution in [0, 0.1) is 0 Å². The topological polar surface area (TPSA) is 53.0 Å². The Morgan fingerprint density at radius 1 is 1.07 bits per heavy atom. The Morgan fingerprint density at radius 2 is 1.79 bits per heavy atom. The second-order valence-corrected chi connectivity index (χ2v) is 7.08. The fraction of sp³-hybridized carbons (Fsp3) is 0.348. The first kappa shape index (κ1) is 20.1. The van der Waals surface area contributed by atoms with Crippen LogP contribution in [0.3, 0.4) is 0 Å². The molecule has 1 saturated heterocycles. The Hall–Kier alpha value is -2.63. The molecule has 1 fully saturated rings. The maximum absolute atomic E-state index is 12.2. The fourth-order valence-corrected chi connectivity index (χ4v) is 3.36. The smallest absolute Gasteiger partial charge is 0.160 e. The number of piperazine rings is 1. The quantitative estimate of drug-likeness (QED) is 0.713. The zero-order chi connectivity index (χ0) is 19.8. The molecule has 0 aromatic heterocycles. The number of benzene rings is 2. The number of rotatable bonds is 8. The van der Waals surface area contributed by atoms with Gasteiger partial charge >= 0.3 is 0 Å². The van der Waals surface area contributed by atoms with Gasteiger partial charge in [-0.25, -0.2) is 0 Å². The molecule has 2 aromatic carbocycles. The van der Waals surface area contributed by atoms with Gasteiger partial charge in [0.2, 0.25) is 0 Å². The second-order valence-electron chi connectivity index (χ2n) is 7.08. The molecule has 28 heavy (non-hydrogen) atoms. The van der Waals surface area contributed by atoms with Crippen molar-refractivity contribution < 1.29 is 14.6 Å². The first-order valence-corrected chi connectivity index (χ1v) is 9.70. The summed E-state index contributed by atoms with van der Waals surface area (Å²) in [5.74, 6) is 0.599. The summed E-state index contributed by atoms with van der Waals surface area (Å²) >= 11 is 0. The maximum Gasteiger partial charge on any atom is 0.160 e. The summed E-state index contributed by atoms with van der Waals surface area (Å²) in [5, 5.41) is 9.79. The highest BCUT2D eigenvalue weighted by molar-refractivity contribution is 5.93. The van der Waals surface area contributed by atoms with E-state index in [0.717, 1.165) is 44.8 Å². The molecule has 0 saturated carbocycles. The Morgan fingerprint density at radius 3 is 2.46 bits per heavy atom. The van der Waals surface area contributed by atoms with E-state index in [1.807, 2.05) is 12.1 Å². The average molecular weight is 380 g/mol. The van der Waals surface area contributed by atoms with E-state index in [1.165, 1.54) is 12.7 Å². The Labute approximate surface area is 166 Å². The second kappa shape index (κ2) is 10.1. The third-order valence-electron chi connectivity index (χ3n) is 5.05. The fourth-order valence-electron chi connectivity index (χ4n) is 3.36. The lowest BCUT2D eigenvalue weighted by Gasteiger charge is -2.34. The number of hydrogen-bond acceptors (Lipinski definition) is 5. The number of hydrogen-bond donors (Lipinski definition) is 1. The van der Waals surface area contributed by atoms with Gasteiger partial charge in [0.25, 0.3) is 0 Å². The predicted octanol–water partition coefficient (Wildman–Crippen LogP) is 3.19. The minimum Gasteiger partial charge on any atom is -0.504 e. The lowest BCUT2D eigenvalue weighted by atomic mass is 10.1. The molecule has 1 aliphatic rings. The van der Waals surface area contributed by atoms with Gasteiger partial charge in [0.15, 0.2) is 17.3 Å². The van der Waals surface area contributed by atoms with Crippen molar-refractivity contribution in [1.82, 2.24) is 9.80 Å². The molecule has 5 nitrogen and oxygen atoms in total. The molecule has 148 valence electrons. The summed E-state index contributed by atoms with van der Waals surface area (Å²) < 4.78 is 5.02. The van der Waals surface area contributed by atoms with E-state index in [2.05, 4.69) is 34.1 Å². The molecular weight excluding hydrogens is 352 g/mol. The summed E-state index contributed by atoms with van der Waals surface area (Å²) in [6, 6.07) is 15.6. The molecule has 5 heteroatoms. The highest BCUT2D eigenvalue weighted by Crippen LogP contribution is 2.26. The number of nitrogens with zero attached hydrogens (tertiary/aromatic N) is 2. The van der Waals surface area contributed by atoms with Crippen LogP contribution >= 0.6 is 0 Å². The molecule has 1 heterocycles. The first-order chi connectivity index (χ1) is 13.6. The summed E-state index contributed by atoms with van der Waals surface area (Å²) in [6.45, 7) is 5.84. The molecule has 0 bridgehead atoms. The first-order valence-electron chi connectivity index (χ1n) is 9.70. The third kappa shape index (κ3) is 5.94. The number of methoxy groups -OCH3 is 1. The van der Waals surface area contributed by atoms with Crippen LogP contribution < -0.4 is 4.74 Å². The van der Waals surface area contributed by atoms with Crippen LogP contribution in [0.4, 0.5) is 0 Å². The van der Waals surface area contributed by atoms with Crippen LogP contribution in [-0.2, 0) is 11.3 Å². The molecule has 0 atom stereocenters. The van der Waals surface area contributed by atoms with Crippen molar-refractivity contribution in [1.29, 1.82) is 0 Å². The third-order valence-corrected chi connectivity index (χ3v) is 5.05. The molecule has 2 aromatic rings. The van der Waals surface area contributed by atoms with E-state index >= 15 is 0 Å². The largest absolute Gasteiger partial charge is 0.504 e. The molecule has 1 N–H and O–H groups in total. The van der Waals surface area contributed by atoms with Gasteiger partial charge < -0.3 is 14.7 Å². The monoisotopic (exact) mass is 380 g/mol. The van der Waals surface area contributed by atoms with E-state index in [4.69, 9.17) is 4.74 Å². The lowest BCUT2D eigenvalue weighted by molar-refractivity contribution is -0.114. The van der Waals surface area contributed by atoms with E-state index in [0.29, 0.717) is 12.2 Å². The molecule has 1 aliphatic heterocycles. The van der Waals surface area contributed by atoms with Crippen LogP contribution in [0.1, 0.15) is 17.5 Å². The molecule has 3 rings (SSSR count). The number of ether oxygens (including phenoxy) is 1. The number of carbonyl (C=O) groups excluding carboxylic acids is 1. The van der Waals surface area contributed by atoms with Gasteiger partial charge in [0.05, 0.1) is 7.11 Å². The molecular formula is C23H28N2O3. The van der Waals surface area contributed by atoms with Gasteiger partial charge in [-0.05, 0) is 29.3 Å². The normalized spacial score (nSPS) is 15.8. The predicted molar refractivity (Wildman–Crippen MR) is 111 cm³/mol. The van der Waals surface area contributed by atoms with Gasteiger partial charge in [-0.2, -0.15) is 0 Å². The zero-order valence-electron chi connectivity index (χ0n) is 16.4. The highest BCUT2D eigenvalue weighted by atomic mass is 16.5. The standard InChI is InChI=1S/C23H28N2O3/c1-28-23-10-8-19(17-22(23)27)7-9-21(26)11-12-24-13-15-25(16-14-24)18-20-5-3-2-4-6-20/h2-10,17,27H,11-16,18H2,1H3. The molecule has 0 spiro atoms. The molecule has 0 amide bonds. The van der Waals surface area contributed by atoms with Crippen LogP contribution in [0.25, 0.3) is 6.08 Å². The van der Waals surface area contributed by atoms with Crippen LogP contribution in [-0.4, -0.2) is 60.5 Å². The van der Waals surface area contributed by atoms with E-state index < -0.39 is 0 Å². The van der Waals surface area contributed by atoms with Crippen molar-refractivity contribution in [2.75, 3.05) is 39.8 Å². The number of phenols is 1. The van der Waals surface area contributed by atoms with Crippen molar-refractivity contribution >= 4 is 11.9 Å². The summed E-state index contributed by atoms with van der Waals surface area (Å²) in [4.78, 5) is 17.0. The number of allylic oxidation sites excluding steroid dienone is 1. The van der Waals surface area contributed by atoms with Crippen molar-refractivity contribution in [2.24, 2.45) is 0 Å². The van der Waals surface area contributed by atoms with Crippen molar-refractivity contribution in [3.8, 4) is 11.5 Å². The van der Waals surface area contributed by atoms with Crippen LogP contribution in [0.5, 0.6) is 11.5 Å². The molecule has 0 aliphatic carbocycles. The van der Waals surface area contributed by atoms with Gasteiger partial charge in [0.1, 0.15) is 0 Å². The van der Waals surface area contributed by atoms with E-state index in [-0.39, 0.29) is 11.5 Å². The van der Waals surface area contributed by atoms with Gasteiger partial charge in [0, 0.05) is 45.7 Å².